The summed E-state index contributed by atoms with van der Waals surface area (Å²) < 4.78 is 56.0. The van der Waals surface area contributed by atoms with Crippen molar-refractivity contribution in [2.24, 2.45) is 7.05 Å². The molecule has 1 saturated heterocycles. The molecule has 0 saturated carbocycles. The first kappa shape index (κ1) is 19.4. The number of likely N-dealkylation sites (tertiary alicyclic amines) is 1. The first-order valence-electron chi connectivity index (χ1n) is 8.42. The smallest absolute Gasteiger partial charge is 0.244 e. The van der Waals surface area contributed by atoms with Gasteiger partial charge in [-0.25, -0.2) is 17.2 Å². The second-order valence-corrected chi connectivity index (χ2v) is 8.21. The highest BCUT2D eigenvalue weighted by Gasteiger charge is 2.33. The number of nitrogens with one attached hydrogen (secondary N) is 1. The summed E-state index contributed by atoms with van der Waals surface area (Å²) in [5, 5.41) is 3.91. The molecular formula is C17H20F2N4O3S. The van der Waals surface area contributed by atoms with Crippen LogP contribution in [0.3, 0.4) is 0 Å². The fourth-order valence-electron chi connectivity index (χ4n) is 3.06. The number of piperidine rings is 1. The van der Waals surface area contributed by atoms with Crippen LogP contribution in [0.1, 0.15) is 24.1 Å². The summed E-state index contributed by atoms with van der Waals surface area (Å²) in [5.74, 6) is -1.87. The molecule has 1 N–H and O–H groups in total. The number of aromatic nitrogens is 2. The number of nitrogens with zero attached hydrogens (tertiary/aromatic N) is 3. The molecule has 10 heteroatoms. The standard InChI is InChI=1S/C17H20F2N4O3S/c1-11-16(9-20-22(11)2)27(25,26)21-15-4-3-7-23(17(15)24)10-12-5-6-13(18)8-14(12)19/h5-6,8-9,15,21H,3-4,7,10H2,1-2H3. The Balaban J connectivity index is 1.76. The minimum absolute atomic E-state index is 0.0134. The van der Waals surface area contributed by atoms with Gasteiger partial charge in [0.15, 0.2) is 0 Å². The Morgan fingerprint density at radius 1 is 1.33 bits per heavy atom. The third-order valence-corrected chi connectivity index (χ3v) is 6.26. The molecule has 1 amide bonds. The Hall–Kier alpha value is -2.33. The van der Waals surface area contributed by atoms with E-state index in [4.69, 9.17) is 0 Å². The number of benzene rings is 1. The van der Waals surface area contributed by atoms with Gasteiger partial charge in [-0.15, -0.1) is 0 Å². The monoisotopic (exact) mass is 398 g/mol. The van der Waals surface area contributed by atoms with E-state index in [1.165, 1.54) is 21.8 Å². The van der Waals surface area contributed by atoms with Crippen molar-refractivity contribution in [1.29, 1.82) is 0 Å². The predicted molar refractivity (Wildman–Crippen MR) is 93.1 cm³/mol. The zero-order valence-corrected chi connectivity index (χ0v) is 15.8. The number of sulfonamides is 1. The van der Waals surface area contributed by atoms with Gasteiger partial charge < -0.3 is 4.90 Å². The normalized spacial score (nSPS) is 18.1. The van der Waals surface area contributed by atoms with E-state index in [0.29, 0.717) is 25.1 Å². The number of halogens is 2. The van der Waals surface area contributed by atoms with E-state index in [2.05, 4.69) is 9.82 Å². The van der Waals surface area contributed by atoms with Crippen LogP contribution in [0.15, 0.2) is 29.3 Å². The summed E-state index contributed by atoms with van der Waals surface area (Å²) in [7, 11) is -2.29. The summed E-state index contributed by atoms with van der Waals surface area (Å²) >= 11 is 0. The topological polar surface area (TPSA) is 84.3 Å². The SMILES string of the molecule is Cc1c(S(=O)(=O)NC2CCCN(Cc3ccc(F)cc3F)C2=O)cnn1C. The highest BCUT2D eigenvalue weighted by atomic mass is 32.2. The molecule has 1 aliphatic heterocycles. The van der Waals surface area contributed by atoms with Gasteiger partial charge in [0.25, 0.3) is 0 Å². The molecule has 3 rings (SSSR count). The van der Waals surface area contributed by atoms with Gasteiger partial charge in [-0.2, -0.15) is 9.82 Å². The molecule has 0 spiro atoms. The maximum absolute atomic E-state index is 13.9. The number of hydrogen-bond acceptors (Lipinski definition) is 4. The zero-order valence-electron chi connectivity index (χ0n) is 14.9. The quantitative estimate of drug-likeness (QED) is 0.827. The molecule has 1 aliphatic rings. The number of carbonyl (C=O) groups excluding carboxylic acids is 1. The summed E-state index contributed by atoms with van der Waals surface area (Å²) in [6.45, 7) is 1.95. The summed E-state index contributed by atoms with van der Waals surface area (Å²) in [4.78, 5) is 14.1. The predicted octanol–water partition coefficient (Wildman–Crippen LogP) is 1.48. The van der Waals surface area contributed by atoms with Crippen LogP contribution in [0.25, 0.3) is 0 Å². The van der Waals surface area contributed by atoms with Crippen molar-refractivity contribution >= 4 is 15.9 Å². The van der Waals surface area contributed by atoms with Crippen LogP contribution in [0.2, 0.25) is 0 Å². The second kappa shape index (κ2) is 7.35. The molecule has 2 aromatic rings. The zero-order chi connectivity index (χ0) is 19.8. The lowest BCUT2D eigenvalue weighted by Crippen LogP contribution is -2.51. The largest absolute Gasteiger partial charge is 0.337 e. The Morgan fingerprint density at radius 3 is 2.70 bits per heavy atom. The average molecular weight is 398 g/mol. The molecule has 1 unspecified atom stereocenters. The molecule has 0 radical (unpaired) electrons. The molecule has 1 aromatic heterocycles. The van der Waals surface area contributed by atoms with Crippen LogP contribution in [-0.4, -0.2) is 41.6 Å². The Labute approximate surface area is 156 Å². The fourth-order valence-corrected chi connectivity index (χ4v) is 4.48. The molecule has 1 aromatic carbocycles. The van der Waals surface area contributed by atoms with E-state index in [0.717, 1.165) is 12.1 Å². The number of rotatable bonds is 5. The van der Waals surface area contributed by atoms with Gasteiger partial charge in [-0.1, -0.05) is 6.07 Å². The third-order valence-electron chi connectivity index (χ3n) is 4.68. The highest BCUT2D eigenvalue weighted by Crippen LogP contribution is 2.20. The Morgan fingerprint density at radius 2 is 2.07 bits per heavy atom. The van der Waals surface area contributed by atoms with Crippen molar-refractivity contribution in [2.75, 3.05) is 6.54 Å². The summed E-state index contributed by atoms with van der Waals surface area (Å²) in [5.41, 5.74) is 0.632. The summed E-state index contributed by atoms with van der Waals surface area (Å²) in [6.07, 6.45) is 2.14. The van der Waals surface area contributed by atoms with Gasteiger partial charge >= 0.3 is 0 Å². The maximum atomic E-state index is 13.9. The van der Waals surface area contributed by atoms with Gasteiger partial charge in [0, 0.05) is 31.8 Å². The fraction of sp³-hybridized carbons (Fsp3) is 0.412. The molecule has 0 aliphatic carbocycles. The second-order valence-electron chi connectivity index (χ2n) is 6.53. The van der Waals surface area contributed by atoms with Crippen molar-refractivity contribution in [2.45, 2.75) is 37.2 Å². The highest BCUT2D eigenvalue weighted by molar-refractivity contribution is 7.89. The Bertz CT molecular complexity index is 975. The molecule has 1 atom stereocenters. The van der Waals surface area contributed by atoms with Gasteiger partial charge in [0.05, 0.1) is 11.9 Å². The Kier molecular flexibility index (Phi) is 5.29. The lowest BCUT2D eigenvalue weighted by Gasteiger charge is -2.32. The van der Waals surface area contributed by atoms with Crippen LogP contribution in [0, 0.1) is 18.6 Å². The average Bonchev–Trinajstić information content (AvgIpc) is 2.93. The summed E-state index contributed by atoms with van der Waals surface area (Å²) in [6, 6.07) is 2.23. The van der Waals surface area contributed by atoms with Crippen LogP contribution in [-0.2, 0) is 28.4 Å². The molecule has 146 valence electrons. The van der Waals surface area contributed by atoms with Gasteiger partial charge in [-0.05, 0) is 25.8 Å². The number of aryl methyl sites for hydroxylation is 1. The van der Waals surface area contributed by atoms with Crippen molar-refractivity contribution < 1.29 is 22.0 Å². The van der Waals surface area contributed by atoms with Crippen molar-refractivity contribution in [3.63, 3.8) is 0 Å². The van der Waals surface area contributed by atoms with Gasteiger partial charge in [-0.3, -0.25) is 9.48 Å². The lowest BCUT2D eigenvalue weighted by molar-refractivity contribution is -0.136. The molecule has 2 heterocycles. The van der Waals surface area contributed by atoms with Crippen LogP contribution >= 0.6 is 0 Å². The third kappa shape index (κ3) is 4.01. The van der Waals surface area contributed by atoms with Crippen molar-refractivity contribution in [3.8, 4) is 0 Å². The number of amides is 1. The molecule has 27 heavy (non-hydrogen) atoms. The van der Waals surface area contributed by atoms with Crippen LogP contribution < -0.4 is 4.72 Å². The minimum Gasteiger partial charge on any atom is -0.337 e. The lowest BCUT2D eigenvalue weighted by atomic mass is 10.0. The van der Waals surface area contributed by atoms with E-state index < -0.39 is 33.6 Å². The molecular weight excluding hydrogens is 378 g/mol. The maximum Gasteiger partial charge on any atom is 0.244 e. The molecule has 7 nitrogen and oxygen atoms in total. The van der Waals surface area contributed by atoms with Crippen LogP contribution in [0.5, 0.6) is 0 Å². The van der Waals surface area contributed by atoms with E-state index in [1.54, 1.807) is 14.0 Å². The minimum atomic E-state index is -3.92. The van der Waals surface area contributed by atoms with E-state index in [-0.39, 0.29) is 17.0 Å². The number of carbonyl (C=O) groups is 1. The van der Waals surface area contributed by atoms with Gasteiger partial charge in [0.2, 0.25) is 15.9 Å². The molecule has 1 fully saturated rings. The molecule has 0 bridgehead atoms. The van der Waals surface area contributed by atoms with Crippen molar-refractivity contribution in [1.82, 2.24) is 19.4 Å². The van der Waals surface area contributed by atoms with Crippen molar-refractivity contribution in [3.05, 3.63) is 47.3 Å². The number of hydrogen-bond donors (Lipinski definition) is 1. The van der Waals surface area contributed by atoms with E-state index in [9.17, 15) is 22.0 Å². The van der Waals surface area contributed by atoms with Crippen LogP contribution in [0.4, 0.5) is 8.78 Å². The first-order valence-corrected chi connectivity index (χ1v) is 9.91. The van der Waals surface area contributed by atoms with Gasteiger partial charge in [0.1, 0.15) is 22.6 Å². The van der Waals surface area contributed by atoms with E-state index in [1.807, 2.05) is 0 Å². The van der Waals surface area contributed by atoms with E-state index >= 15 is 0 Å². The first-order chi connectivity index (χ1) is 12.7.